The van der Waals surface area contributed by atoms with E-state index in [9.17, 15) is 5.21 Å². The highest BCUT2D eigenvalue weighted by molar-refractivity contribution is 6.30. The molecule has 120 valence electrons. The van der Waals surface area contributed by atoms with E-state index < -0.39 is 5.79 Å². The molecule has 1 atom stereocenters. The molecule has 0 amide bonds. The van der Waals surface area contributed by atoms with Gasteiger partial charge in [0.15, 0.2) is 0 Å². The van der Waals surface area contributed by atoms with Gasteiger partial charge in [0.25, 0.3) is 0 Å². The van der Waals surface area contributed by atoms with Crippen molar-refractivity contribution in [1.82, 2.24) is 9.96 Å². The second kappa shape index (κ2) is 6.13. The molecule has 1 heterocycles. The van der Waals surface area contributed by atoms with Gasteiger partial charge in [-0.2, -0.15) is 0 Å². The molecule has 4 nitrogen and oxygen atoms in total. The number of hydrogen-bond acceptors (Lipinski definition) is 4. The fraction of sp³-hybridized carbons (Fsp3) is 0.235. The molecule has 2 aromatic carbocycles. The molecular weight excluding hydrogens is 333 g/mol. The number of hydroxylamine groups is 2. The molecule has 1 N–H and O–H groups in total. The van der Waals surface area contributed by atoms with Crippen LogP contribution in [0, 0.1) is 0 Å². The first-order chi connectivity index (χ1) is 11.0. The quantitative estimate of drug-likeness (QED) is 0.864. The van der Waals surface area contributed by atoms with Crippen molar-refractivity contribution in [3.05, 3.63) is 69.7 Å². The Morgan fingerprint density at radius 3 is 2.48 bits per heavy atom. The number of benzene rings is 2. The van der Waals surface area contributed by atoms with Gasteiger partial charge in [-0.05, 0) is 32.3 Å². The van der Waals surface area contributed by atoms with Crippen molar-refractivity contribution < 1.29 is 5.21 Å². The highest BCUT2D eigenvalue weighted by Crippen LogP contribution is 2.29. The molecule has 6 heteroatoms. The van der Waals surface area contributed by atoms with Gasteiger partial charge in [-0.3, -0.25) is 10.1 Å². The first kappa shape index (κ1) is 16.3. The van der Waals surface area contributed by atoms with E-state index in [0.717, 1.165) is 21.2 Å². The predicted molar refractivity (Wildman–Crippen MR) is 91.9 cm³/mol. The number of nitrogens with zero attached hydrogens (tertiary/aromatic N) is 3. The van der Waals surface area contributed by atoms with Crippen LogP contribution in [0.2, 0.25) is 5.02 Å². The minimum atomic E-state index is -1.08. The summed E-state index contributed by atoms with van der Waals surface area (Å²) in [6.07, 6.45) is 0. The second-order valence-corrected chi connectivity index (χ2v) is 6.31. The topological polar surface area (TPSA) is 39.1 Å². The van der Waals surface area contributed by atoms with Crippen molar-refractivity contribution in [2.24, 2.45) is 4.99 Å². The average molecular weight is 350 g/mol. The van der Waals surface area contributed by atoms with Crippen LogP contribution in [0.25, 0.3) is 5.70 Å². The Kier molecular flexibility index (Phi) is 4.34. The summed E-state index contributed by atoms with van der Waals surface area (Å²) in [5.74, 6) is -0.970. The number of hydrogen-bond donors (Lipinski definition) is 1. The third kappa shape index (κ3) is 2.62. The Balaban J connectivity index is 2.41. The van der Waals surface area contributed by atoms with Gasteiger partial charge < -0.3 is 0 Å². The lowest BCUT2D eigenvalue weighted by molar-refractivity contribution is -0.164. The van der Waals surface area contributed by atoms with Gasteiger partial charge in [0.1, 0.15) is 0 Å². The zero-order chi connectivity index (χ0) is 16.6. The van der Waals surface area contributed by atoms with Crippen molar-refractivity contribution in [1.29, 1.82) is 0 Å². The summed E-state index contributed by atoms with van der Waals surface area (Å²) < 4.78 is 0. The molecule has 0 saturated carbocycles. The van der Waals surface area contributed by atoms with E-state index in [1.807, 2.05) is 50.5 Å². The van der Waals surface area contributed by atoms with Crippen LogP contribution in [0.1, 0.15) is 5.56 Å². The number of alkyl halides is 1. The van der Waals surface area contributed by atoms with E-state index in [2.05, 4.69) is 4.99 Å². The normalized spacial score (nSPS) is 20.4. The lowest BCUT2D eigenvalue weighted by Gasteiger charge is -2.43. The van der Waals surface area contributed by atoms with E-state index in [4.69, 9.17) is 23.2 Å². The molecule has 0 radical (unpaired) electrons. The van der Waals surface area contributed by atoms with E-state index in [1.165, 1.54) is 0 Å². The van der Waals surface area contributed by atoms with Gasteiger partial charge >= 0.3 is 0 Å². The summed E-state index contributed by atoms with van der Waals surface area (Å²) in [7, 11) is 3.66. The molecule has 3 rings (SSSR count). The SMILES string of the molecule is CN(C)C1(CCl)N=c2ccc(Cl)cc2=C(c2ccccc2)N1O. The highest BCUT2D eigenvalue weighted by atomic mass is 35.5. The Morgan fingerprint density at radius 2 is 1.87 bits per heavy atom. The lowest BCUT2D eigenvalue weighted by atomic mass is 10.1. The van der Waals surface area contributed by atoms with Crippen molar-refractivity contribution in [3.63, 3.8) is 0 Å². The molecule has 23 heavy (non-hydrogen) atoms. The van der Waals surface area contributed by atoms with Gasteiger partial charge in [0.2, 0.25) is 5.79 Å². The summed E-state index contributed by atoms with van der Waals surface area (Å²) in [6.45, 7) is 0. The lowest BCUT2D eigenvalue weighted by Crippen LogP contribution is -2.61. The number of rotatable bonds is 3. The van der Waals surface area contributed by atoms with Crippen LogP contribution < -0.4 is 10.6 Å². The molecule has 2 aromatic rings. The van der Waals surface area contributed by atoms with Gasteiger partial charge in [-0.15, -0.1) is 11.6 Å². The van der Waals surface area contributed by atoms with E-state index in [-0.39, 0.29) is 5.88 Å². The first-order valence-electron chi connectivity index (χ1n) is 7.17. The smallest absolute Gasteiger partial charge is 0.226 e. The summed E-state index contributed by atoms with van der Waals surface area (Å²) in [5, 5.41) is 14.2. The molecule has 0 fully saturated rings. The average Bonchev–Trinajstić information content (AvgIpc) is 2.55. The minimum absolute atomic E-state index is 0.106. The van der Waals surface area contributed by atoms with Crippen LogP contribution in [-0.2, 0) is 0 Å². The van der Waals surface area contributed by atoms with Crippen LogP contribution in [0.5, 0.6) is 0 Å². The van der Waals surface area contributed by atoms with Gasteiger partial charge in [-0.25, -0.2) is 10.1 Å². The van der Waals surface area contributed by atoms with Gasteiger partial charge in [0.05, 0.1) is 16.9 Å². The molecule has 1 aliphatic rings. The second-order valence-electron chi connectivity index (χ2n) is 5.60. The summed E-state index contributed by atoms with van der Waals surface area (Å²) in [5.41, 5.74) is 1.50. The molecular formula is C17H17Cl2N3O. The largest absolute Gasteiger partial charge is 0.285 e. The van der Waals surface area contributed by atoms with Crippen molar-refractivity contribution in [2.45, 2.75) is 5.79 Å². The van der Waals surface area contributed by atoms with Crippen molar-refractivity contribution in [3.8, 4) is 0 Å². The molecule has 0 bridgehead atoms. The molecule has 0 spiro atoms. The minimum Gasteiger partial charge on any atom is -0.285 e. The van der Waals surface area contributed by atoms with Gasteiger partial charge in [-0.1, -0.05) is 41.9 Å². The summed E-state index contributed by atoms with van der Waals surface area (Å²) in [6, 6.07) is 15.1. The Hall–Kier alpha value is -1.59. The van der Waals surface area contributed by atoms with Crippen LogP contribution >= 0.6 is 23.2 Å². The third-order valence-electron chi connectivity index (χ3n) is 4.01. The molecule has 0 aliphatic carbocycles. The fourth-order valence-electron chi connectivity index (χ4n) is 2.70. The molecule has 0 saturated heterocycles. The van der Waals surface area contributed by atoms with E-state index >= 15 is 0 Å². The molecule has 1 unspecified atom stereocenters. The maximum Gasteiger partial charge on any atom is 0.226 e. The van der Waals surface area contributed by atoms with Crippen LogP contribution in [0.4, 0.5) is 0 Å². The zero-order valence-corrected chi connectivity index (χ0v) is 14.4. The highest BCUT2D eigenvalue weighted by Gasteiger charge is 2.41. The zero-order valence-electron chi connectivity index (χ0n) is 12.9. The Labute approximate surface area is 144 Å². The van der Waals surface area contributed by atoms with E-state index in [0.29, 0.717) is 10.7 Å². The van der Waals surface area contributed by atoms with Crippen molar-refractivity contribution in [2.75, 3.05) is 20.0 Å². The standard InChI is InChI=1S/C17H17Cl2N3O/c1-21(2)17(11-18)20-15-9-8-13(19)10-14(15)16(22(17)23)12-6-4-3-5-7-12/h3-10,23H,11H2,1-2H3. The summed E-state index contributed by atoms with van der Waals surface area (Å²) >= 11 is 12.4. The maximum absolute atomic E-state index is 11.0. The molecule has 0 aromatic heterocycles. The van der Waals surface area contributed by atoms with Crippen LogP contribution in [-0.4, -0.2) is 40.9 Å². The number of halogens is 2. The predicted octanol–water partition coefficient (Wildman–Crippen LogP) is 2.28. The number of fused-ring (bicyclic) bond motifs is 1. The van der Waals surface area contributed by atoms with Crippen molar-refractivity contribution >= 4 is 28.9 Å². The molecule has 1 aliphatic heterocycles. The van der Waals surface area contributed by atoms with E-state index in [1.54, 1.807) is 17.0 Å². The Bertz CT molecular complexity index is 839. The van der Waals surface area contributed by atoms with Crippen LogP contribution in [0.15, 0.2) is 53.5 Å². The summed E-state index contributed by atoms with van der Waals surface area (Å²) in [4.78, 5) is 6.48. The Morgan fingerprint density at radius 1 is 1.17 bits per heavy atom. The first-order valence-corrected chi connectivity index (χ1v) is 8.08. The maximum atomic E-state index is 11.0. The monoisotopic (exact) mass is 349 g/mol. The third-order valence-corrected chi connectivity index (χ3v) is 4.60. The fourth-order valence-corrected chi connectivity index (χ4v) is 3.28. The van der Waals surface area contributed by atoms with Crippen LogP contribution in [0.3, 0.4) is 0 Å². The van der Waals surface area contributed by atoms with Gasteiger partial charge in [0, 0.05) is 15.8 Å².